The number of benzene rings is 1. The largest absolute Gasteiger partial charge is 0.338 e. The van der Waals surface area contributed by atoms with Crippen LogP contribution in [0.25, 0.3) is 11.4 Å². The number of hydrogen-bond acceptors (Lipinski definition) is 6. The first-order valence-electron chi connectivity index (χ1n) is 7.64. The molecule has 1 aliphatic carbocycles. The quantitative estimate of drug-likeness (QED) is 0.681. The van der Waals surface area contributed by atoms with E-state index in [-0.39, 0.29) is 11.3 Å². The molecule has 8 heteroatoms. The van der Waals surface area contributed by atoms with Gasteiger partial charge in [-0.1, -0.05) is 25.9 Å². The van der Waals surface area contributed by atoms with Crippen LogP contribution >= 0.6 is 0 Å². The fourth-order valence-electron chi connectivity index (χ4n) is 2.28. The molecule has 126 valence electrons. The second-order valence-corrected chi connectivity index (χ2v) is 6.93. The van der Waals surface area contributed by atoms with Crippen molar-refractivity contribution in [3.8, 4) is 11.4 Å². The van der Waals surface area contributed by atoms with Crippen molar-refractivity contribution in [3.05, 3.63) is 40.3 Å². The highest BCUT2D eigenvalue weighted by atomic mass is 16.6. The summed E-state index contributed by atoms with van der Waals surface area (Å²) in [5, 5.41) is 17.3. The summed E-state index contributed by atoms with van der Waals surface area (Å²) in [4.78, 5) is 26.5. The van der Waals surface area contributed by atoms with Gasteiger partial charge in [-0.05, 0) is 24.3 Å². The van der Waals surface area contributed by atoms with Gasteiger partial charge < -0.3 is 9.84 Å². The highest BCUT2D eigenvalue weighted by Crippen LogP contribution is 2.34. The first-order valence-corrected chi connectivity index (χ1v) is 7.64. The standard InChI is InChI=1S/C16H18N4O4/c1-16(2,3)15-18-13(19-24-15)9-4-6-10(7-5-9)17-14(21)11-8-12(11)20(22)23/h4-7,11-12H,8H2,1-3H3,(H,17,21). The fourth-order valence-corrected chi connectivity index (χ4v) is 2.28. The van der Waals surface area contributed by atoms with Gasteiger partial charge in [-0.3, -0.25) is 14.9 Å². The fraction of sp³-hybridized carbons (Fsp3) is 0.438. The Balaban J connectivity index is 1.67. The molecule has 2 atom stereocenters. The summed E-state index contributed by atoms with van der Waals surface area (Å²) in [6.07, 6.45) is 0.301. The molecule has 0 spiro atoms. The van der Waals surface area contributed by atoms with Crippen molar-refractivity contribution in [3.63, 3.8) is 0 Å². The number of carbonyl (C=O) groups is 1. The number of nitro groups is 1. The van der Waals surface area contributed by atoms with Crippen LogP contribution in [0.4, 0.5) is 5.69 Å². The third-order valence-electron chi connectivity index (χ3n) is 3.84. The van der Waals surface area contributed by atoms with Crippen LogP contribution in [-0.2, 0) is 10.2 Å². The smallest absolute Gasteiger partial charge is 0.234 e. The molecular formula is C16H18N4O4. The molecule has 0 radical (unpaired) electrons. The lowest BCUT2D eigenvalue weighted by molar-refractivity contribution is -0.497. The van der Waals surface area contributed by atoms with Crippen LogP contribution in [0.3, 0.4) is 0 Å². The van der Waals surface area contributed by atoms with Crippen LogP contribution in [0.15, 0.2) is 28.8 Å². The number of hydrogen-bond donors (Lipinski definition) is 1. The maximum atomic E-state index is 11.9. The molecule has 0 aliphatic heterocycles. The minimum atomic E-state index is -0.751. The number of rotatable bonds is 4. The first kappa shape index (κ1) is 16.1. The molecule has 1 aliphatic rings. The summed E-state index contributed by atoms with van der Waals surface area (Å²) in [6.45, 7) is 5.96. The molecule has 1 saturated carbocycles. The van der Waals surface area contributed by atoms with E-state index in [9.17, 15) is 14.9 Å². The van der Waals surface area contributed by atoms with Gasteiger partial charge in [-0.25, -0.2) is 0 Å². The maximum Gasteiger partial charge on any atom is 0.234 e. The summed E-state index contributed by atoms with van der Waals surface area (Å²) >= 11 is 0. The van der Waals surface area contributed by atoms with Crippen molar-refractivity contribution < 1.29 is 14.2 Å². The summed E-state index contributed by atoms with van der Waals surface area (Å²) in [7, 11) is 0. The normalized spacial score (nSPS) is 19.8. The van der Waals surface area contributed by atoms with Gasteiger partial charge in [0, 0.05) is 28.0 Å². The zero-order chi connectivity index (χ0) is 17.5. The average Bonchev–Trinajstić information content (AvgIpc) is 3.16. The van der Waals surface area contributed by atoms with Gasteiger partial charge in [-0.15, -0.1) is 0 Å². The molecule has 3 rings (SSSR count). The second kappa shape index (κ2) is 5.70. The first-order chi connectivity index (χ1) is 11.3. The Kier molecular flexibility index (Phi) is 3.82. The number of amides is 1. The number of aromatic nitrogens is 2. The van der Waals surface area contributed by atoms with Crippen LogP contribution in [0, 0.1) is 16.0 Å². The van der Waals surface area contributed by atoms with E-state index in [1.165, 1.54) is 0 Å². The van der Waals surface area contributed by atoms with Gasteiger partial charge in [0.25, 0.3) is 0 Å². The Morgan fingerprint density at radius 3 is 2.50 bits per heavy atom. The Morgan fingerprint density at radius 1 is 1.33 bits per heavy atom. The number of carbonyl (C=O) groups excluding carboxylic acids is 1. The lowest BCUT2D eigenvalue weighted by Crippen LogP contribution is -2.18. The van der Waals surface area contributed by atoms with Crippen molar-refractivity contribution in [2.45, 2.75) is 38.6 Å². The summed E-state index contributed by atoms with van der Waals surface area (Å²) in [5.41, 5.74) is 1.12. The van der Waals surface area contributed by atoms with Crippen molar-refractivity contribution in [1.82, 2.24) is 10.1 Å². The average molecular weight is 330 g/mol. The van der Waals surface area contributed by atoms with Gasteiger partial charge in [-0.2, -0.15) is 4.98 Å². The minimum Gasteiger partial charge on any atom is -0.338 e. The summed E-state index contributed by atoms with van der Waals surface area (Å²) in [6, 6.07) is 6.21. The molecule has 0 saturated heterocycles. The number of anilines is 1. The molecule has 2 unspecified atom stereocenters. The Morgan fingerprint density at radius 2 is 2.00 bits per heavy atom. The van der Waals surface area contributed by atoms with Crippen molar-refractivity contribution in [1.29, 1.82) is 0 Å². The zero-order valence-electron chi connectivity index (χ0n) is 13.6. The topological polar surface area (TPSA) is 111 Å². The van der Waals surface area contributed by atoms with Crippen LogP contribution in [0.5, 0.6) is 0 Å². The lowest BCUT2D eigenvalue weighted by atomic mass is 9.97. The predicted octanol–water partition coefficient (Wildman–Crippen LogP) is 2.64. The molecule has 1 aromatic carbocycles. The van der Waals surface area contributed by atoms with Crippen molar-refractivity contribution in [2.24, 2.45) is 5.92 Å². The van der Waals surface area contributed by atoms with Crippen LogP contribution < -0.4 is 5.32 Å². The van der Waals surface area contributed by atoms with E-state index in [1.54, 1.807) is 24.3 Å². The lowest BCUT2D eigenvalue weighted by Gasteiger charge is -2.10. The molecule has 1 amide bonds. The van der Waals surface area contributed by atoms with E-state index in [2.05, 4.69) is 15.5 Å². The Bertz CT molecular complexity index is 776. The maximum absolute atomic E-state index is 11.9. The summed E-state index contributed by atoms with van der Waals surface area (Å²) in [5.74, 6) is 0.174. The van der Waals surface area contributed by atoms with E-state index >= 15 is 0 Å². The number of nitrogens with one attached hydrogen (secondary N) is 1. The molecule has 0 bridgehead atoms. The zero-order valence-corrected chi connectivity index (χ0v) is 13.6. The highest BCUT2D eigenvalue weighted by molar-refractivity contribution is 5.94. The minimum absolute atomic E-state index is 0.225. The molecule has 1 heterocycles. The third-order valence-corrected chi connectivity index (χ3v) is 3.84. The SMILES string of the molecule is CC(C)(C)c1nc(-c2ccc(NC(=O)C3CC3[N+](=O)[O-])cc2)no1. The molecule has 1 N–H and O–H groups in total. The monoisotopic (exact) mass is 330 g/mol. The van der Waals surface area contributed by atoms with Gasteiger partial charge >= 0.3 is 0 Å². The molecule has 1 aromatic heterocycles. The van der Waals surface area contributed by atoms with Crippen molar-refractivity contribution in [2.75, 3.05) is 5.32 Å². The van der Waals surface area contributed by atoms with E-state index < -0.39 is 16.9 Å². The van der Waals surface area contributed by atoms with Gasteiger partial charge in [0.05, 0.1) is 0 Å². The van der Waals surface area contributed by atoms with Crippen LogP contribution in [-0.4, -0.2) is 27.0 Å². The van der Waals surface area contributed by atoms with E-state index in [0.29, 0.717) is 23.8 Å². The molecule has 24 heavy (non-hydrogen) atoms. The third kappa shape index (κ3) is 3.27. The molecule has 2 aromatic rings. The highest BCUT2D eigenvalue weighted by Gasteiger charge is 2.53. The predicted molar refractivity (Wildman–Crippen MR) is 86.0 cm³/mol. The van der Waals surface area contributed by atoms with Gasteiger partial charge in [0.1, 0.15) is 5.92 Å². The van der Waals surface area contributed by atoms with E-state index in [0.717, 1.165) is 5.56 Å². The van der Waals surface area contributed by atoms with Crippen LogP contribution in [0.2, 0.25) is 0 Å². The molecule has 1 fully saturated rings. The number of nitrogens with zero attached hydrogens (tertiary/aromatic N) is 3. The van der Waals surface area contributed by atoms with E-state index in [4.69, 9.17) is 4.52 Å². The van der Waals surface area contributed by atoms with Gasteiger partial charge in [0.2, 0.25) is 23.7 Å². The van der Waals surface area contributed by atoms with Crippen LogP contribution in [0.1, 0.15) is 33.1 Å². The Labute approximate surface area is 138 Å². The molecule has 8 nitrogen and oxygen atoms in total. The van der Waals surface area contributed by atoms with E-state index in [1.807, 2.05) is 20.8 Å². The second-order valence-electron chi connectivity index (χ2n) is 6.93. The molecular weight excluding hydrogens is 312 g/mol. The van der Waals surface area contributed by atoms with Gasteiger partial charge in [0.15, 0.2) is 0 Å². The van der Waals surface area contributed by atoms with Crippen molar-refractivity contribution >= 4 is 11.6 Å². The Hall–Kier alpha value is -2.77. The summed E-state index contributed by atoms with van der Waals surface area (Å²) < 4.78 is 5.26.